The van der Waals surface area contributed by atoms with E-state index in [9.17, 15) is 35.9 Å². The number of urea groups is 2. The van der Waals surface area contributed by atoms with Crippen LogP contribution in [0.2, 0.25) is 0 Å². The Kier molecular flexibility index (Phi) is 5.97. The van der Waals surface area contributed by atoms with Gasteiger partial charge in [-0.25, -0.2) is 14.5 Å². The number of imide groups is 1. The highest BCUT2D eigenvalue weighted by molar-refractivity contribution is 5.96. The predicted molar refractivity (Wildman–Crippen MR) is 82.9 cm³/mol. The second-order valence-corrected chi connectivity index (χ2v) is 5.92. The second-order valence-electron chi connectivity index (χ2n) is 5.92. The van der Waals surface area contributed by atoms with Gasteiger partial charge in [-0.1, -0.05) is 12.1 Å². The van der Waals surface area contributed by atoms with Crippen molar-refractivity contribution >= 4 is 12.1 Å². The van der Waals surface area contributed by atoms with Crippen LogP contribution >= 0.6 is 0 Å². The Balaban J connectivity index is 1.99. The maximum Gasteiger partial charge on any atom is 0.573 e. The number of carbonyl (C=O) groups excluding carboxylic acids is 2. The fraction of sp³-hybridized carbons (Fsp3) is 0.467. The molecule has 1 aromatic rings. The van der Waals surface area contributed by atoms with Crippen LogP contribution in [0.5, 0.6) is 5.75 Å². The van der Waals surface area contributed by atoms with Crippen LogP contribution in [0.4, 0.5) is 35.9 Å². The van der Waals surface area contributed by atoms with Gasteiger partial charge in [-0.05, 0) is 31.5 Å². The molecule has 13 heteroatoms. The minimum absolute atomic E-state index is 0.00607. The number of amides is 4. The van der Waals surface area contributed by atoms with E-state index in [0.717, 1.165) is 12.1 Å². The SMILES string of the molecule is C[C@H](NC1NC(=O)N([C@H](C)C(F)(F)F)C(=O)N1)c1ccc(OC(F)(F)F)cc1. The molecule has 2 atom stereocenters. The van der Waals surface area contributed by atoms with Crippen molar-refractivity contribution in [3.8, 4) is 5.75 Å². The molecule has 0 spiro atoms. The van der Waals surface area contributed by atoms with Crippen LogP contribution in [0.25, 0.3) is 0 Å². The lowest BCUT2D eigenvalue weighted by atomic mass is 10.1. The van der Waals surface area contributed by atoms with E-state index in [1.807, 2.05) is 0 Å². The molecule has 0 bridgehead atoms. The van der Waals surface area contributed by atoms with E-state index in [-0.39, 0.29) is 4.90 Å². The molecule has 28 heavy (non-hydrogen) atoms. The third-order valence-electron chi connectivity index (χ3n) is 3.86. The monoisotopic (exact) mass is 414 g/mol. The molecule has 7 nitrogen and oxygen atoms in total. The van der Waals surface area contributed by atoms with Crippen molar-refractivity contribution in [2.75, 3.05) is 0 Å². The number of nitrogens with one attached hydrogen (secondary N) is 3. The summed E-state index contributed by atoms with van der Waals surface area (Å²) in [6, 6.07) is -0.604. The number of rotatable bonds is 5. The van der Waals surface area contributed by atoms with Crippen LogP contribution in [0, 0.1) is 0 Å². The van der Waals surface area contributed by atoms with Crippen molar-refractivity contribution in [2.24, 2.45) is 0 Å². The summed E-state index contributed by atoms with van der Waals surface area (Å²) in [5.74, 6) is -0.431. The molecule has 3 N–H and O–H groups in total. The maximum atomic E-state index is 12.7. The average Bonchev–Trinajstić information content (AvgIpc) is 2.52. The molecule has 0 saturated carbocycles. The zero-order valence-electron chi connectivity index (χ0n) is 14.5. The summed E-state index contributed by atoms with van der Waals surface area (Å²) in [7, 11) is 0. The van der Waals surface area contributed by atoms with Gasteiger partial charge >= 0.3 is 24.6 Å². The number of alkyl halides is 6. The van der Waals surface area contributed by atoms with Gasteiger partial charge in [-0.2, -0.15) is 13.2 Å². The first-order chi connectivity index (χ1) is 12.8. The third-order valence-corrected chi connectivity index (χ3v) is 3.86. The summed E-state index contributed by atoms with van der Waals surface area (Å²) < 4.78 is 78.5. The third kappa shape index (κ3) is 5.41. The number of benzene rings is 1. The summed E-state index contributed by atoms with van der Waals surface area (Å²) in [5, 5.41) is 7.05. The Hall–Kier alpha value is -2.70. The van der Waals surface area contributed by atoms with E-state index in [1.165, 1.54) is 12.1 Å². The summed E-state index contributed by atoms with van der Waals surface area (Å²) in [6.45, 7) is 2.24. The van der Waals surface area contributed by atoms with Gasteiger partial charge < -0.3 is 15.4 Å². The van der Waals surface area contributed by atoms with E-state index in [1.54, 1.807) is 6.92 Å². The van der Waals surface area contributed by atoms with Gasteiger partial charge in [0.05, 0.1) is 0 Å². The van der Waals surface area contributed by atoms with Gasteiger partial charge in [-0.3, -0.25) is 5.32 Å². The Morgan fingerprint density at radius 1 is 1.00 bits per heavy atom. The minimum atomic E-state index is -4.83. The molecular formula is C15H16F6N4O3. The lowest BCUT2D eigenvalue weighted by Gasteiger charge is -2.37. The first-order valence-corrected chi connectivity index (χ1v) is 7.86. The topological polar surface area (TPSA) is 82.7 Å². The average molecular weight is 414 g/mol. The van der Waals surface area contributed by atoms with Gasteiger partial charge in [0.2, 0.25) is 0 Å². The van der Waals surface area contributed by atoms with Crippen LogP contribution in [-0.2, 0) is 0 Å². The Labute approximate surface area is 155 Å². The number of hydrogen-bond acceptors (Lipinski definition) is 4. The lowest BCUT2D eigenvalue weighted by Crippen LogP contribution is -2.70. The summed E-state index contributed by atoms with van der Waals surface area (Å²) in [4.78, 5) is 23.8. The molecule has 156 valence electrons. The predicted octanol–water partition coefficient (Wildman–Crippen LogP) is 3.21. The molecule has 0 unspecified atom stereocenters. The van der Waals surface area contributed by atoms with Crippen molar-refractivity contribution < 1.29 is 40.7 Å². The summed E-state index contributed by atoms with van der Waals surface area (Å²) in [6.07, 6.45) is -10.8. The van der Waals surface area contributed by atoms with Crippen LogP contribution in [0.1, 0.15) is 25.5 Å². The fourth-order valence-corrected chi connectivity index (χ4v) is 2.40. The van der Waals surface area contributed by atoms with E-state index >= 15 is 0 Å². The van der Waals surface area contributed by atoms with Gasteiger partial charge in [0.15, 0.2) is 6.29 Å². The highest BCUT2D eigenvalue weighted by atomic mass is 19.4. The number of hydrogen-bond donors (Lipinski definition) is 3. The number of ether oxygens (including phenoxy) is 1. The quantitative estimate of drug-likeness (QED) is 0.647. The molecule has 1 aliphatic rings. The largest absolute Gasteiger partial charge is 0.573 e. The van der Waals surface area contributed by atoms with Crippen LogP contribution < -0.4 is 20.7 Å². The van der Waals surface area contributed by atoms with Gasteiger partial charge in [0, 0.05) is 6.04 Å². The summed E-state index contributed by atoms with van der Waals surface area (Å²) in [5.41, 5.74) is 0.476. The molecule has 1 aromatic carbocycles. The molecule has 0 radical (unpaired) electrons. The normalized spacial score (nSPS) is 18.4. The van der Waals surface area contributed by atoms with Crippen LogP contribution in [0.3, 0.4) is 0 Å². The molecule has 0 aromatic heterocycles. The van der Waals surface area contributed by atoms with Crippen molar-refractivity contribution in [3.63, 3.8) is 0 Å². The Morgan fingerprint density at radius 2 is 1.50 bits per heavy atom. The van der Waals surface area contributed by atoms with Crippen molar-refractivity contribution in [1.29, 1.82) is 0 Å². The van der Waals surface area contributed by atoms with E-state index in [4.69, 9.17) is 0 Å². The van der Waals surface area contributed by atoms with Crippen molar-refractivity contribution in [2.45, 2.75) is 44.8 Å². The van der Waals surface area contributed by atoms with Crippen LogP contribution in [0.15, 0.2) is 24.3 Å². The van der Waals surface area contributed by atoms with E-state index < -0.39 is 48.7 Å². The molecule has 1 heterocycles. The van der Waals surface area contributed by atoms with Gasteiger partial charge in [0.25, 0.3) is 0 Å². The first-order valence-electron chi connectivity index (χ1n) is 7.86. The van der Waals surface area contributed by atoms with Gasteiger partial charge in [-0.15, -0.1) is 13.2 Å². The standard InChI is InChI=1S/C15H16F6N4O3/c1-7(9-3-5-10(6-4-9)28-15(19,20)21)22-11-23-12(26)25(13(27)24-11)8(2)14(16,17)18/h3-8,11,22H,1-2H3,(H,23,26)(H,24,27)/t7-,8+/m0/s1. The fourth-order valence-electron chi connectivity index (χ4n) is 2.40. The molecule has 1 aliphatic heterocycles. The number of nitrogens with zero attached hydrogens (tertiary/aromatic N) is 1. The maximum absolute atomic E-state index is 12.7. The number of carbonyl (C=O) groups is 2. The Bertz CT molecular complexity index is 704. The first kappa shape index (κ1) is 21.6. The smallest absolute Gasteiger partial charge is 0.406 e. The van der Waals surface area contributed by atoms with Crippen molar-refractivity contribution in [1.82, 2.24) is 20.9 Å². The highest BCUT2D eigenvalue weighted by Crippen LogP contribution is 2.26. The highest BCUT2D eigenvalue weighted by Gasteiger charge is 2.47. The molecular weight excluding hydrogens is 398 g/mol. The molecule has 1 fully saturated rings. The zero-order chi connectivity index (χ0) is 21.3. The lowest BCUT2D eigenvalue weighted by molar-refractivity contribution is -0.274. The Morgan fingerprint density at radius 3 is 1.93 bits per heavy atom. The minimum Gasteiger partial charge on any atom is -0.406 e. The molecule has 0 aliphatic carbocycles. The van der Waals surface area contributed by atoms with Gasteiger partial charge in [0.1, 0.15) is 11.8 Å². The van der Waals surface area contributed by atoms with Crippen LogP contribution in [-0.4, -0.2) is 41.8 Å². The molecule has 4 amide bonds. The molecule has 1 saturated heterocycles. The van der Waals surface area contributed by atoms with E-state index in [0.29, 0.717) is 12.5 Å². The number of halogens is 6. The zero-order valence-corrected chi connectivity index (χ0v) is 14.5. The van der Waals surface area contributed by atoms with Crippen molar-refractivity contribution in [3.05, 3.63) is 29.8 Å². The second kappa shape index (κ2) is 7.73. The van der Waals surface area contributed by atoms with E-state index in [2.05, 4.69) is 20.7 Å². The molecule has 2 rings (SSSR count). The summed E-state index contributed by atoms with van der Waals surface area (Å²) >= 11 is 0.